The minimum absolute atomic E-state index is 0.0908. The number of ether oxygens (including phenoxy) is 1. The average Bonchev–Trinajstić information content (AvgIpc) is 3.38. The minimum atomic E-state index is -1.70. The van der Waals surface area contributed by atoms with E-state index in [0.717, 1.165) is 29.7 Å². The summed E-state index contributed by atoms with van der Waals surface area (Å²) in [4.78, 5) is 66.2. The van der Waals surface area contributed by atoms with Crippen LogP contribution in [0.5, 0.6) is 0 Å². The van der Waals surface area contributed by atoms with Crippen LogP contribution in [0.15, 0.2) is 48.5 Å². The van der Waals surface area contributed by atoms with Gasteiger partial charge in [-0.3, -0.25) is 19.2 Å². The lowest BCUT2D eigenvalue weighted by Gasteiger charge is -2.24. The number of hydrogen-bond donors (Lipinski definition) is 2. The molecule has 0 bridgehead atoms. The van der Waals surface area contributed by atoms with Gasteiger partial charge in [-0.1, -0.05) is 133 Å². The van der Waals surface area contributed by atoms with Crippen LogP contribution in [-0.4, -0.2) is 52.6 Å². The standard InChI is InChI=1S/C40H54N4O6/c1-3-5-6-7-8-9-10-11-12-13-14-15-16-17-21-24-36(46)41-34-26-25-33(31-45)35(28-34)42-38(48)39(50-27-4-2)44-37(47)30-43(40(44)49)29-32-22-19-18-20-23-32/h18-20,22-23,25-26,28,31,39H,3,5-17,21,24,29-30H2,1-2H3,(H,41,46)(H,42,48). The molecule has 0 spiro atoms. The third-order valence-corrected chi connectivity index (χ3v) is 8.75. The molecular weight excluding hydrogens is 632 g/mol. The predicted octanol–water partition coefficient (Wildman–Crippen LogP) is 8.43. The van der Waals surface area contributed by atoms with Crippen LogP contribution >= 0.6 is 0 Å². The van der Waals surface area contributed by atoms with Crippen molar-refractivity contribution in [1.82, 2.24) is 9.80 Å². The van der Waals surface area contributed by atoms with E-state index < -0.39 is 24.1 Å². The van der Waals surface area contributed by atoms with Gasteiger partial charge in [0.1, 0.15) is 12.7 Å². The first kappa shape index (κ1) is 39.8. The molecule has 0 aromatic heterocycles. The molecule has 2 aromatic rings. The van der Waals surface area contributed by atoms with Crippen molar-refractivity contribution in [3.8, 4) is 12.0 Å². The van der Waals surface area contributed by atoms with E-state index in [4.69, 9.17) is 4.74 Å². The van der Waals surface area contributed by atoms with Crippen LogP contribution in [-0.2, 0) is 25.7 Å². The van der Waals surface area contributed by atoms with Gasteiger partial charge in [0.2, 0.25) is 5.91 Å². The molecule has 270 valence electrons. The number of benzene rings is 2. The maximum Gasteiger partial charge on any atom is 0.331 e. The SMILES string of the molecule is CC#COC(C(=O)Nc1cc(NC(=O)CCCCCCCCCCCCCCCCC)ccc1C=O)N1C(=O)CN(Cc2ccccc2)C1=O. The number of nitrogens with one attached hydrogen (secondary N) is 2. The number of rotatable bonds is 24. The lowest BCUT2D eigenvalue weighted by molar-refractivity contribution is -0.142. The van der Waals surface area contributed by atoms with Crippen molar-refractivity contribution in [2.75, 3.05) is 17.2 Å². The molecule has 1 heterocycles. The Bertz CT molecular complexity index is 1450. The van der Waals surface area contributed by atoms with Gasteiger partial charge in [-0.25, -0.2) is 9.69 Å². The maximum absolute atomic E-state index is 13.5. The van der Waals surface area contributed by atoms with Crippen LogP contribution in [0.1, 0.15) is 133 Å². The molecule has 1 saturated heterocycles. The molecule has 10 heteroatoms. The Balaban J connectivity index is 1.44. The van der Waals surface area contributed by atoms with E-state index in [0.29, 0.717) is 18.4 Å². The van der Waals surface area contributed by atoms with Crippen LogP contribution in [0.2, 0.25) is 0 Å². The van der Waals surface area contributed by atoms with Crippen LogP contribution in [0.4, 0.5) is 16.2 Å². The highest BCUT2D eigenvalue weighted by Crippen LogP contribution is 2.23. The van der Waals surface area contributed by atoms with Gasteiger partial charge in [0, 0.05) is 31.1 Å². The fourth-order valence-electron chi connectivity index (χ4n) is 5.98. The molecule has 2 N–H and O–H groups in total. The Morgan fingerprint density at radius 2 is 1.44 bits per heavy atom. The zero-order chi connectivity index (χ0) is 36.0. The molecule has 1 fully saturated rings. The van der Waals surface area contributed by atoms with Gasteiger partial charge in [0.05, 0.1) is 5.69 Å². The van der Waals surface area contributed by atoms with Crippen LogP contribution in [0.3, 0.4) is 0 Å². The summed E-state index contributed by atoms with van der Waals surface area (Å²) in [6.07, 6.45) is 20.3. The smallest absolute Gasteiger partial charge is 0.331 e. The summed E-state index contributed by atoms with van der Waals surface area (Å²) in [7, 11) is 0. The first-order valence-corrected chi connectivity index (χ1v) is 18.3. The molecule has 0 aliphatic carbocycles. The number of anilines is 2. The van der Waals surface area contributed by atoms with Crippen LogP contribution < -0.4 is 10.6 Å². The second-order valence-electron chi connectivity index (χ2n) is 12.9. The van der Waals surface area contributed by atoms with Crippen molar-refractivity contribution in [2.24, 2.45) is 0 Å². The van der Waals surface area contributed by atoms with Crippen molar-refractivity contribution < 1.29 is 28.7 Å². The summed E-state index contributed by atoms with van der Waals surface area (Å²) in [5, 5.41) is 5.42. The molecule has 1 aliphatic rings. The molecule has 1 aliphatic heterocycles. The van der Waals surface area contributed by atoms with E-state index in [1.807, 2.05) is 30.3 Å². The quantitative estimate of drug-likeness (QED) is 0.0494. The van der Waals surface area contributed by atoms with Crippen molar-refractivity contribution in [3.05, 3.63) is 59.7 Å². The number of amides is 5. The summed E-state index contributed by atoms with van der Waals surface area (Å²) in [5.74, 6) is 0.838. The monoisotopic (exact) mass is 686 g/mol. The van der Waals surface area contributed by atoms with E-state index in [2.05, 4.69) is 29.6 Å². The summed E-state index contributed by atoms with van der Waals surface area (Å²) in [5.41, 5.74) is 1.45. The fourth-order valence-corrected chi connectivity index (χ4v) is 5.98. The number of unbranched alkanes of at least 4 members (excludes halogenated alkanes) is 14. The molecule has 1 atom stereocenters. The molecule has 0 saturated carbocycles. The molecule has 5 amide bonds. The lowest BCUT2D eigenvalue weighted by atomic mass is 10.0. The van der Waals surface area contributed by atoms with Crippen molar-refractivity contribution in [1.29, 1.82) is 0 Å². The highest BCUT2D eigenvalue weighted by Gasteiger charge is 2.45. The molecule has 1 unspecified atom stereocenters. The largest absolute Gasteiger partial charge is 0.410 e. The van der Waals surface area contributed by atoms with Gasteiger partial charge < -0.3 is 20.3 Å². The average molecular weight is 687 g/mol. The molecule has 3 rings (SSSR count). The summed E-state index contributed by atoms with van der Waals surface area (Å²) >= 11 is 0. The Kier molecular flexibility index (Phi) is 18.2. The fraction of sp³-hybridized carbons (Fsp3) is 0.525. The number of carbonyl (C=O) groups excluding carboxylic acids is 5. The van der Waals surface area contributed by atoms with Gasteiger partial charge in [0.15, 0.2) is 6.29 Å². The second-order valence-corrected chi connectivity index (χ2v) is 12.9. The number of imide groups is 1. The zero-order valence-corrected chi connectivity index (χ0v) is 29.8. The first-order valence-electron chi connectivity index (χ1n) is 18.3. The Morgan fingerprint density at radius 3 is 2.02 bits per heavy atom. The first-order chi connectivity index (χ1) is 24.4. The molecule has 2 aromatic carbocycles. The number of carbonyl (C=O) groups is 5. The summed E-state index contributed by atoms with van der Waals surface area (Å²) in [6, 6.07) is 13.0. The maximum atomic E-state index is 13.5. The Morgan fingerprint density at radius 1 is 0.840 bits per heavy atom. The topological polar surface area (TPSA) is 125 Å². The lowest BCUT2D eigenvalue weighted by Crippen LogP contribution is -2.49. The van der Waals surface area contributed by atoms with Gasteiger partial charge in [0.25, 0.3) is 18.0 Å². The van der Waals surface area contributed by atoms with Gasteiger partial charge in [-0.15, -0.1) is 0 Å². The van der Waals surface area contributed by atoms with E-state index >= 15 is 0 Å². The number of urea groups is 1. The second kappa shape index (κ2) is 22.9. The Hall–Kier alpha value is -4.65. The highest BCUT2D eigenvalue weighted by atomic mass is 16.5. The summed E-state index contributed by atoms with van der Waals surface area (Å²) in [6.45, 7) is 3.68. The number of hydrogen-bond acceptors (Lipinski definition) is 6. The third kappa shape index (κ3) is 13.7. The van der Waals surface area contributed by atoms with E-state index in [1.165, 1.54) is 101 Å². The Labute approximate surface area is 297 Å². The van der Waals surface area contributed by atoms with Gasteiger partial charge >= 0.3 is 6.03 Å². The van der Waals surface area contributed by atoms with Crippen molar-refractivity contribution in [3.63, 3.8) is 0 Å². The predicted molar refractivity (Wildman–Crippen MR) is 196 cm³/mol. The van der Waals surface area contributed by atoms with Crippen molar-refractivity contribution >= 4 is 41.4 Å². The summed E-state index contributed by atoms with van der Waals surface area (Å²) < 4.78 is 5.36. The molecule has 10 nitrogen and oxygen atoms in total. The number of nitrogens with zero attached hydrogens (tertiary/aromatic N) is 2. The van der Waals surface area contributed by atoms with Gasteiger partial charge in [-0.2, -0.15) is 0 Å². The van der Waals surface area contributed by atoms with E-state index in [-0.39, 0.29) is 30.2 Å². The normalized spacial score (nSPS) is 13.1. The van der Waals surface area contributed by atoms with Gasteiger partial charge in [-0.05, 0) is 30.2 Å². The van der Waals surface area contributed by atoms with Crippen molar-refractivity contribution in [2.45, 2.75) is 129 Å². The van der Waals surface area contributed by atoms with Crippen LogP contribution in [0.25, 0.3) is 0 Å². The van der Waals surface area contributed by atoms with E-state index in [1.54, 1.807) is 6.07 Å². The third-order valence-electron chi connectivity index (χ3n) is 8.75. The van der Waals surface area contributed by atoms with E-state index in [9.17, 15) is 24.0 Å². The minimum Gasteiger partial charge on any atom is -0.410 e. The molecule has 50 heavy (non-hydrogen) atoms. The molecular formula is C40H54N4O6. The zero-order valence-electron chi connectivity index (χ0n) is 29.8. The number of aldehydes is 1. The molecule has 0 radical (unpaired) electrons. The van der Waals surface area contributed by atoms with Crippen LogP contribution in [0, 0.1) is 12.0 Å². The highest BCUT2D eigenvalue weighted by molar-refractivity contribution is 6.08.